The second kappa shape index (κ2) is 28.0. The zero-order valence-electron chi connectivity index (χ0n) is 32.6. The molecule has 300 valence electrons. The van der Waals surface area contributed by atoms with E-state index in [0.29, 0.717) is 41.7 Å². The lowest BCUT2D eigenvalue weighted by atomic mass is 10.1. The average Bonchev–Trinajstić information content (AvgIpc) is 3.56. The second-order valence-electron chi connectivity index (χ2n) is 14.1. The highest BCUT2D eigenvalue weighted by atomic mass is 31.2. The number of carbonyl (C=O) groups is 6. The maximum atomic E-state index is 11.8. The third-order valence-corrected chi connectivity index (χ3v) is 10.5. The summed E-state index contributed by atoms with van der Waals surface area (Å²) in [5.41, 5.74) is 0. The molecule has 1 N–H and O–H groups in total. The number of hydrogen-bond acceptors (Lipinski definition) is 12. The predicted octanol–water partition coefficient (Wildman–Crippen LogP) is 7.21. The van der Waals surface area contributed by atoms with Crippen LogP contribution >= 0.6 is 8.53 Å². The van der Waals surface area contributed by atoms with E-state index in [1.54, 1.807) is 0 Å². The van der Waals surface area contributed by atoms with Gasteiger partial charge in [0.25, 0.3) is 32.2 Å². The van der Waals surface area contributed by atoms with Gasteiger partial charge in [-0.1, -0.05) is 64.2 Å². The monoisotopic (exact) mass is 759 g/mol. The number of rotatable bonds is 27. The topological polar surface area (TPSA) is 169 Å². The Morgan fingerprint density at radius 3 is 1.29 bits per heavy atom. The molecule has 2 fully saturated rings. The predicted molar refractivity (Wildman–Crippen MR) is 197 cm³/mol. The minimum atomic E-state index is -1.05. The molecule has 2 heterocycles. The number of aliphatic hydroxyl groups is 1. The molecule has 14 nitrogen and oxygen atoms in total. The fourth-order valence-electron chi connectivity index (χ4n) is 5.58. The average molecular weight is 760 g/mol. The van der Waals surface area contributed by atoms with E-state index >= 15 is 0 Å². The number of aliphatic hydroxyl groups excluding tert-OH is 1. The van der Waals surface area contributed by atoms with Gasteiger partial charge in [0.1, 0.15) is 0 Å². The molecule has 1 unspecified atom stereocenters. The first-order valence-corrected chi connectivity index (χ1v) is 20.5. The molecule has 1 atom stereocenters. The van der Waals surface area contributed by atoms with Crippen LogP contribution in [0, 0.1) is 0 Å². The van der Waals surface area contributed by atoms with Crippen molar-refractivity contribution in [3.8, 4) is 0 Å². The van der Waals surface area contributed by atoms with Crippen molar-refractivity contribution in [3.05, 3.63) is 0 Å². The summed E-state index contributed by atoms with van der Waals surface area (Å²) in [6.45, 7) is 13.7. The molecule has 0 radical (unpaired) electrons. The van der Waals surface area contributed by atoms with E-state index in [9.17, 15) is 28.8 Å². The fraction of sp³-hybridized carbons (Fsp3) is 0.838. The highest BCUT2D eigenvalue weighted by Crippen LogP contribution is 2.47. The largest absolute Gasteiger partial charge is 0.396 e. The number of nitrogens with zero attached hydrogens (tertiary/aromatic N) is 3. The molecule has 0 bridgehead atoms. The number of hydrogen-bond donors (Lipinski definition) is 1. The van der Waals surface area contributed by atoms with Crippen LogP contribution in [0.3, 0.4) is 0 Å². The standard InChI is InChI=1S/C23H43N2O6P.C14H23NO5/c1-18(2)25(19(3)4)32(31-20(5)6)29-17-13-11-9-7-8-10-12-14-23(28)30-24-21(26)15-16-22(24)27;16-11-7-5-3-1-2-4-6-8-14(19)20-15-12(17)9-10-13(15)18/h18-20H,7-17H2,1-6H3;16H,1-11H2. The molecule has 0 aliphatic carbocycles. The Morgan fingerprint density at radius 2 is 0.942 bits per heavy atom. The van der Waals surface area contributed by atoms with E-state index in [4.69, 9.17) is 23.8 Å². The Morgan fingerprint density at radius 1 is 0.596 bits per heavy atom. The molecule has 4 amide bonds. The minimum absolute atomic E-state index is 0.122. The first kappa shape index (κ1) is 47.5. The summed E-state index contributed by atoms with van der Waals surface area (Å²) in [5.74, 6) is -2.77. The lowest BCUT2D eigenvalue weighted by Gasteiger charge is -2.36. The van der Waals surface area contributed by atoms with Crippen molar-refractivity contribution in [3.63, 3.8) is 0 Å². The summed E-state index contributed by atoms with van der Waals surface area (Å²) >= 11 is 0. The summed E-state index contributed by atoms with van der Waals surface area (Å²) in [4.78, 5) is 78.2. The van der Waals surface area contributed by atoms with Crippen molar-refractivity contribution in [1.29, 1.82) is 0 Å². The van der Waals surface area contributed by atoms with Crippen LogP contribution in [0.1, 0.15) is 170 Å². The number of carbonyl (C=O) groups excluding carboxylic acids is 6. The van der Waals surface area contributed by atoms with E-state index < -0.39 is 44.1 Å². The van der Waals surface area contributed by atoms with Gasteiger partial charge in [-0.25, -0.2) is 14.3 Å². The van der Waals surface area contributed by atoms with Crippen LogP contribution in [0.4, 0.5) is 0 Å². The molecule has 0 aromatic rings. The van der Waals surface area contributed by atoms with Crippen molar-refractivity contribution in [2.24, 2.45) is 0 Å². The van der Waals surface area contributed by atoms with E-state index in [-0.39, 0.29) is 51.2 Å². The Kier molecular flexibility index (Phi) is 25.6. The van der Waals surface area contributed by atoms with Gasteiger partial charge in [-0.3, -0.25) is 19.2 Å². The van der Waals surface area contributed by atoms with E-state index in [1.165, 1.54) is 0 Å². The minimum Gasteiger partial charge on any atom is -0.396 e. The highest BCUT2D eigenvalue weighted by Gasteiger charge is 2.33. The van der Waals surface area contributed by atoms with Crippen molar-refractivity contribution >= 4 is 44.1 Å². The number of unbranched alkanes of at least 4 members (excludes halogenated alkanes) is 12. The third kappa shape index (κ3) is 20.7. The Balaban J connectivity index is 0.000000578. The molecule has 15 heteroatoms. The molecule has 2 aliphatic rings. The molecule has 52 heavy (non-hydrogen) atoms. The lowest BCUT2D eigenvalue weighted by molar-refractivity contribution is -0.197. The number of amides is 4. The quantitative estimate of drug-likeness (QED) is 0.0508. The molecule has 0 aromatic carbocycles. The van der Waals surface area contributed by atoms with Crippen LogP contribution < -0.4 is 0 Å². The van der Waals surface area contributed by atoms with Gasteiger partial charge in [0, 0.05) is 57.2 Å². The SMILES string of the molecule is CC(C)OP(OCCCCCCCCCC(=O)ON1C(=O)CCC1=O)N(C(C)C)C(C)C.O=C(CCCCCCCCCO)ON1C(=O)CCC1=O. The maximum absolute atomic E-state index is 11.8. The molecule has 2 rings (SSSR count). The van der Waals surface area contributed by atoms with Gasteiger partial charge >= 0.3 is 11.9 Å². The molecular formula is C37H66N3O11P. The third-order valence-electron chi connectivity index (χ3n) is 8.21. The van der Waals surface area contributed by atoms with Gasteiger partial charge in [-0.15, -0.1) is 10.1 Å². The lowest BCUT2D eigenvalue weighted by Crippen LogP contribution is -2.34. The maximum Gasteiger partial charge on any atom is 0.333 e. The van der Waals surface area contributed by atoms with Crippen molar-refractivity contribution < 1.29 is 52.6 Å². The molecule has 0 aromatic heterocycles. The molecule has 0 saturated carbocycles. The zero-order valence-corrected chi connectivity index (χ0v) is 33.5. The Bertz CT molecular complexity index is 1050. The zero-order chi connectivity index (χ0) is 38.9. The van der Waals surface area contributed by atoms with E-state index in [1.807, 2.05) is 13.8 Å². The number of hydroxylamine groups is 4. The summed E-state index contributed by atoms with van der Waals surface area (Å²) in [7, 11) is -1.05. The van der Waals surface area contributed by atoms with E-state index in [0.717, 1.165) is 77.0 Å². The highest BCUT2D eigenvalue weighted by molar-refractivity contribution is 7.44. The van der Waals surface area contributed by atoms with E-state index in [2.05, 4.69) is 32.4 Å². The fourth-order valence-corrected chi connectivity index (χ4v) is 7.28. The van der Waals surface area contributed by atoms with Crippen molar-refractivity contribution in [2.45, 2.75) is 188 Å². The van der Waals surface area contributed by atoms with Crippen LogP contribution in [-0.4, -0.2) is 86.9 Å². The van der Waals surface area contributed by atoms with Gasteiger partial charge in [-0.2, -0.15) is 0 Å². The van der Waals surface area contributed by atoms with Gasteiger partial charge < -0.3 is 23.8 Å². The van der Waals surface area contributed by atoms with Crippen molar-refractivity contribution in [2.75, 3.05) is 13.2 Å². The Hall–Kier alpha value is -2.51. The first-order valence-electron chi connectivity index (χ1n) is 19.4. The summed E-state index contributed by atoms with van der Waals surface area (Å²) in [6, 6.07) is 0.738. The van der Waals surface area contributed by atoms with Crippen LogP contribution in [0.25, 0.3) is 0 Å². The summed E-state index contributed by atoms with van der Waals surface area (Å²) < 4.78 is 14.5. The van der Waals surface area contributed by atoms with Crippen LogP contribution in [0.5, 0.6) is 0 Å². The molecular weight excluding hydrogens is 693 g/mol. The first-order chi connectivity index (χ1) is 24.8. The molecule has 2 saturated heterocycles. The van der Waals surface area contributed by atoms with Crippen molar-refractivity contribution in [1.82, 2.24) is 14.8 Å². The summed E-state index contributed by atoms with van der Waals surface area (Å²) in [5, 5.41) is 9.83. The normalized spacial score (nSPS) is 15.4. The molecule has 0 spiro atoms. The molecule has 2 aliphatic heterocycles. The second-order valence-corrected chi connectivity index (χ2v) is 15.5. The van der Waals surface area contributed by atoms with Gasteiger partial charge in [0.2, 0.25) is 0 Å². The number of imide groups is 2. The van der Waals surface area contributed by atoms with Gasteiger partial charge in [0.05, 0.1) is 12.7 Å². The van der Waals surface area contributed by atoms with Crippen LogP contribution in [0.15, 0.2) is 0 Å². The van der Waals surface area contributed by atoms with Gasteiger partial charge in [-0.05, 0) is 67.2 Å². The Labute approximate surface area is 312 Å². The van der Waals surface area contributed by atoms with Gasteiger partial charge in [0.15, 0.2) is 0 Å². The van der Waals surface area contributed by atoms with Crippen LogP contribution in [-0.2, 0) is 47.5 Å². The van der Waals surface area contributed by atoms with Crippen LogP contribution in [0.2, 0.25) is 0 Å². The smallest absolute Gasteiger partial charge is 0.333 e. The summed E-state index contributed by atoms with van der Waals surface area (Å²) in [6.07, 6.45) is 14.9.